The summed E-state index contributed by atoms with van der Waals surface area (Å²) in [5.41, 5.74) is 0. The molecule has 0 rings (SSSR count). The fourth-order valence-electron chi connectivity index (χ4n) is 2.01. The van der Waals surface area contributed by atoms with E-state index in [0.717, 1.165) is 0 Å². The quantitative estimate of drug-likeness (QED) is 0.755. The van der Waals surface area contributed by atoms with Crippen molar-refractivity contribution < 1.29 is 4.65 Å². The van der Waals surface area contributed by atoms with Crippen LogP contribution in [0.5, 0.6) is 0 Å². The van der Waals surface area contributed by atoms with E-state index in [2.05, 4.69) is 44.6 Å². The Morgan fingerprint density at radius 3 is 1.07 bits per heavy atom. The van der Waals surface area contributed by atoms with Crippen LogP contribution < -0.4 is 5.32 Å². The maximum Gasteiger partial charge on any atom is 0.266 e. The predicted molar refractivity (Wildman–Crippen MR) is 74.4 cm³/mol. The molecular formula is C9H28BNOSi2. The molecule has 0 aliphatic heterocycles. The fourth-order valence-corrected chi connectivity index (χ4v) is 13.8. The van der Waals surface area contributed by atoms with Gasteiger partial charge in [0.15, 0.2) is 0 Å². The number of nitrogens with one attached hydrogen (secondary N) is 1. The van der Waals surface area contributed by atoms with Gasteiger partial charge in [-0.05, 0) is 14.1 Å². The van der Waals surface area contributed by atoms with Crippen molar-refractivity contribution in [3.63, 3.8) is 0 Å². The van der Waals surface area contributed by atoms with E-state index in [9.17, 15) is 0 Å². The Morgan fingerprint density at radius 1 is 0.857 bits per heavy atom. The predicted octanol–water partition coefficient (Wildman–Crippen LogP) is 2.29. The van der Waals surface area contributed by atoms with Gasteiger partial charge in [-0.1, -0.05) is 39.3 Å². The first-order valence-electron chi connectivity index (χ1n) is 5.22. The second-order valence-corrected chi connectivity index (χ2v) is 16.9. The Morgan fingerprint density at radius 2 is 1.07 bits per heavy atom. The first kappa shape index (κ1) is 16.8. The normalized spacial score (nSPS) is 11.8. The summed E-state index contributed by atoms with van der Waals surface area (Å²) in [6.45, 7) is 14.3. The van der Waals surface area contributed by atoms with Crippen molar-refractivity contribution in [1.29, 1.82) is 0 Å². The van der Waals surface area contributed by atoms with Crippen LogP contribution in [-0.2, 0) is 4.65 Å². The first-order chi connectivity index (χ1) is 6.11. The van der Waals surface area contributed by atoms with Crippen molar-refractivity contribution in [3.8, 4) is 0 Å². The van der Waals surface area contributed by atoms with Gasteiger partial charge in [-0.3, -0.25) is 0 Å². The molecule has 0 atom stereocenters. The second kappa shape index (κ2) is 6.82. The van der Waals surface area contributed by atoms with Crippen molar-refractivity contribution in [2.24, 2.45) is 0 Å². The number of rotatable bonds is 3. The molecule has 0 heterocycles. The van der Waals surface area contributed by atoms with Crippen molar-refractivity contribution in [3.05, 3.63) is 0 Å². The molecule has 0 aliphatic carbocycles. The van der Waals surface area contributed by atoms with Gasteiger partial charge in [-0.25, -0.2) is 0 Å². The Hall–Kier alpha value is 0.419. The minimum atomic E-state index is -1.08. The molecule has 0 saturated carbocycles. The van der Waals surface area contributed by atoms with Crippen LogP contribution in [-0.4, -0.2) is 43.2 Å². The molecule has 2 nitrogen and oxygen atoms in total. The third-order valence-corrected chi connectivity index (χ3v) is 10.6. The molecule has 1 N–H and O–H groups in total. The molecule has 0 unspecified atom stereocenters. The minimum Gasteiger partial charge on any atom is -0.445 e. The third-order valence-electron chi connectivity index (χ3n) is 1.81. The molecule has 0 radical (unpaired) electrons. The summed E-state index contributed by atoms with van der Waals surface area (Å²) in [5, 5.41) is 2.75. The van der Waals surface area contributed by atoms with Crippen LogP contribution in [0.4, 0.5) is 0 Å². The van der Waals surface area contributed by atoms with Gasteiger partial charge < -0.3 is 9.97 Å². The largest absolute Gasteiger partial charge is 0.445 e. The van der Waals surface area contributed by atoms with Crippen molar-refractivity contribution in [2.75, 3.05) is 21.2 Å². The average molecular weight is 233 g/mol. The Kier molecular flexibility index (Phi) is 8.20. The average Bonchev–Trinajstić information content (AvgIpc) is 1.82. The molecule has 0 aromatic carbocycles. The first-order valence-corrected chi connectivity index (χ1v) is 12.4. The van der Waals surface area contributed by atoms with Crippen LogP contribution in [0, 0.1) is 0 Å². The highest BCUT2D eigenvalue weighted by Gasteiger charge is 2.42. The summed E-state index contributed by atoms with van der Waals surface area (Å²) in [5.74, 6) is 0. The van der Waals surface area contributed by atoms with Crippen LogP contribution in [0.25, 0.3) is 0 Å². The van der Waals surface area contributed by atoms with Gasteiger partial charge in [-0.15, -0.1) is 0 Å². The molecule has 86 valence electrons. The highest BCUT2D eigenvalue weighted by Crippen LogP contribution is 2.17. The van der Waals surface area contributed by atoms with E-state index in [1.54, 1.807) is 0 Å². The van der Waals surface area contributed by atoms with E-state index in [4.69, 9.17) is 4.65 Å². The zero-order chi connectivity index (χ0) is 12.0. The van der Waals surface area contributed by atoms with Gasteiger partial charge in [0.2, 0.25) is 0 Å². The lowest BCUT2D eigenvalue weighted by Gasteiger charge is -2.33. The van der Waals surface area contributed by atoms with Crippen molar-refractivity contribution >= 4 is 22.0 Å². The SMILES string of the molecule is CNC.COB([Si](C)(C)C)[Si](C)(C)C. The molecule has 0 aliphatic rings. The summed E-state index contributed by atoms with van der Waals surface area (Å²) in [6.07, 6.45) is 0.593. The minimum absolute atomic E-state index is 0.593. The van der Waals surface area contributed by atoms with Crippen LogP contribution in [0.2, 0.25) is 39.3 Å². The van der Waals surface area contributed by atoms with E-state index in [-0.39, 0.29) is 0 Å². The van der Waals surface area contributed by atoms with E-state index in [1.165, 1.54) is 0 Å². The van der Waals surface area contributed by atoms with Gasteiger partial charge in [0.1, 0.15) is 0 Å². The molecule has 5 heteroatoms. The Balaban J connectivity index is 0. The highest BCUT2D eigenvalue weighted by molar-refractivity contribution is 7.58. The summed E-state index contributed by atoms with van der Waals surface area (Å²) >= 11 is 0. The molecule has 0 aromatic heterocycles. The molecular weight excluding hydrogens is 205 g/mol. The van der Waals surface area contributed by atoms with E-state index >= 15 is 0 Å². The van der Waals surface area contributed by atoms with Gasteiger partial charge in [0.05, 0.1) is 0 Å². The Labute approximate surface area is 92.8 Å². The summed E-state index contributed by atoms with van der Waals surface area (Å²) in [6, 6.07) is 0. The molecule has 0 spiro atoms. The molecule has 0 aromatic rings. The summed E-state index contributed by atoms with van der Waals surface area (Å²) in [7, 11) is 3.45. The van der Waals surface area contributed by atoms with Crippen molar-refractivity contribution in [1.82, 2.24) is 5.32 Å². The lowest BCUT2D eigenvalue weighted by atomic mass is 10.5. The van der Waals surface area contributed by atoms with Crippen LogP contribution >= 0.6 is 0 Å². The Bertz CT molecular complexity index is 129. The molecule has 14 heavy (non-hydrogen) atoms. The number of hydrogen-bond donors (Lipinski definition) is 1. The smallest absolute Gasteiger partial charge is 0.266 e. The van der Waals surface area contributed by atoms with E-state index < -0.39 is 15.9 Å². The van der Waals surface area contributed by atoms with Crippen LogP contribution in [0.1, 0.15) is 0 Å². The molecule has 0 saturated heterocycles. The summed E-state index contributed by atoms with van der Waals surface area (Å²) in [4.78, 5) is 0. The molecule has 0 bridgehead atoms. The summed E-state index contributed by atoms with van der Waals surface area (Å²) < 4.78 is 5.60. The maximum atomic E-state index is 5.60. The second-order valence-electron chi connectivity index (χ2n) is 5.85. The third kappa shape index (κ3) is 7.79. The zero-order valence-electron chi connectivity index (χ0n) is 11.5. The van der Waals surface area contributed by atoms with E-state index in [0.29, 0.717) is 6.10 Å². The topological polar surface area (TPSA) is 21.3 Å². The molecule has 0 amide bonds. The van der Waals surface area contributed by atoms with Gasteiger partial charge in [-0.2, -0.15) is 0 Å². The fraction of sp³-hybridized carbons (Fsp3) is 1.00. The lowest BCUT2D eigenvalue weighted by molar-refractivity contribution is 0.444. The lowest BCUT2D eigenvalue weighted by Crippen LogP contribution is -2.59. The van der Waals surface area contributed by atoms with Crippen molar-refractivity contribution in [2.45, 2.75) is 39.3 Å². The molecule has 0 fully saturated rings. The van der Waals surface area contributed by atoms with E-state index in [1.807, 2.05) is 21.2 Å². The van der Waals surface area contributed by atoms with Gasteiger partial charge >= 0.3 is 0 Å². The monoisotopic (exact) mass is 233 g/mol. The number of hydrogen-bond acceptors (Lipinski definition) is 2. The maximum absolute atomic E-state index is 5.60. The van der Waals surface area contributed by atoms with Gasteiger partial charge in [0.25, 0.3) is 6.10 Å². The highest BCUT2D eigenvalue weighted by atomic mass is 28.4. The standard InChI is InChI=1S/C7H21BOSi2.C2H7N/c1-9-8(10(2,3)4)11(5,6)7;1-3-2/h1-7H3;3H,1-2H3. The van der Waals surface area contributed by atoms with Crippen LogP contribution in [0.15, 0.2) is 0 Å². The zero-order valence-corrected chi connectivity index (χ0v) is 13.5. The van der Waals surface area contributed by atoms with Gasteiger partial charge in [0, 0.05) is 23.0 Å². The van der Waals surface area contributed by atoms with Crippen LogP contribution in [0.3, 0.4) is 0 Å².